The van der Waals surface area contributed by atoms with Crippen molar-refractivity contribution in [3.63, 3.8) is 0 Å². The van der Waals surface area contributed by atoms with Crippen molar-refractivity contribution in [3.8, 4) is 0 Å². The van der Waals surface area contributed by atoms with Gasteiger partial charge in [-0.15, -0.1) is 0 Å². The van der Waals surface area contributed by atoms with Crippen LogP contribution in [0.3, 0.4) is 0 Å². The molecule has 0 saturated carbocycles. The van der Waals surface area contributed by atoms with Crippen LogP contribution in [0.15, 0.2) is 24.3 Å². The van der Waals surface area contributed by atoms with Crippen molar-refractivity contribution in [2.75, 3.05) is 38.2 Å². The molecule has 2 amide bonds. The SMILES string of the molecule is CC(C)CC(CNC(=O)c1ccc(NC(=O)OC(C)(C)C)cc1)N1CCOCC1. The Balaban J connectivity index is 1.89. The van der Waals surface area contributed by atoms with Gasteiger partial charge in [-0.25, -0.2) is 4.79 Å². The third-order valence-electron chi connectivity index (χ3n) is 4.60. The average Bonchev–Trinajstić information content (AvgIpc) is 2.64. The molecule has 29 heavy (non-hydrogen) atoms. The Hall–Kier alpha value is -2.12. The molecule has 7 heteroatoms. The van der Waals surface area contributed by atoms with Gasteiger partial charge in [0.25, 0.3) is 5.91 Å². The molecule has 162 valence electrons. The highest BCUT2D eigenvalue weighted by Gasteiger charge is 2.22. The number of nitrogens with one attached hydrogen (secondary N) is 2. The van der Waals surface area contributed by atoms with Crippen LogP contribution >= 0.6 is 0 Å². The Kier molecular flexibility index (Phi) is 8.46. The third-order valence-corrected chi connectivity index (χ3v) is 4.60. The highest BCUT2D eigenvalue weighted by molar-refractivity contribution is 5.95. The second kappa shape index (κ2) is 10.6. The van der Waals surface area contributed by atoms with Gasteiger partial charge in [0, 0.05) is 36.9 Å². The van der Waals surface area contributed by atoms with Crippen molar-refractivity contribution >= 4 is 17.7 Å². The summed E-state index contributed by atoms with van der Waals surface area (Å²) in [4.78, 5) is 26.8. The van der Waals surface area contributed by atoms with Gasteiger partial charge >= 0.3 is 6.09 Å². The molecule has 1 atom stereocenters. The number of carbonyl (C=O) groups is 2. The fraction of sp³-hybridized carbons (Fsp3) is 0.636. The summed E-state index contributed by atoms with van der Waals surface area (Å²) in [6.07, 6.45) is 0.510. The Morgan fingerprint density at radius 2 is 1.76 bits per heavy atom. The lowest BCUT2D eigenvalue weighted by Gasteiger charge is -2.35. The summed E-state index contributed by atoms with van der Waals surface area (Å²) < 4.78 is 10.7. The highest BCUT2D eigenvalue weighted by atomic mass is 16.6. The van der Waals surface area contributed by atoms with Crippen LogP contribution in [-0.2, 0) is 9.47 Å². The minimum absolute atomic E-state index is 0.115. The van der Waals surface area contributed by atoms with E-state index in [0.717, 1.165) is 32.7 Å². The molecule has 2 rings (SSSR count). The predicted octanol–water partition coefficient (Wildman–Crippen LogP) is 3.51. The van der Waals surface area contributed by atoms with E-state index in [1.54, 1.807) is 24.3 Å². The van der Waals surface area contributed by atoms with Gasteiger partial charge in [-0.2, -0.15) is 0 Å². The number of morpholine rings is 1. The van der Waals surface area contributed by atoms with Gasteiger partial charge in [0.1, 0.15) is 5.60 Å². The number of rotatable bonds is 7. The molecule has 1 aromatic rings. The first-order chi connectivity index (χ1) is 13.6. The van der Waals surface area contributed by atoms with Crippen molar-refractivity contribution < 1.29 is 19.1 Å². The number of carbonyl (C=O) groups excluding carboxylic acids is 2. The first-order valence-corrected chi connectivity index (χ1v) is 10.3. The van der Waals surface area contributed by atoms with Gasteiger partial charge in [0.15, 0.2) is 0 Å². The summed E-state index contributed by atoms with van der Waals surface area (Å²) in [5.41, 5.74) is 0.587. The summed E-state index contributed by atoms with van der Waals surface area (Å²) in [5, 5.41) is 5.73. The monoisotopic (exact) mass is 405 g/mol. The molecule has 0 spiro atoms. The lowest BCUT2D eigenvalue weighted by atomic mass is 10.0. The van der Waals surface area contributed by atoms with E-state index in [1.165, 1.54) is 0 Å². The van der Waals surface area contributed by atoms with Crippen molar-refractivity contribution in [2.24, 2.45) is 5.92 Å². The Labute approximate surface area is 174 Å². The molecule has 0 aliphatic carbocycles. The maximum atomic E-state index is 12.6. The second-order valence-corrected chi connectivity index (χ2v) is 8.85. The van der Waals surface area contributed by atoms with Gasteiger partial charge < -0.3 is 14.8 Å². The van der Waals surface area contributed by atoms with E-state index >= 15 is 0 Å². The zero-order valence-electron chi connectivity index (χ0n) is 18.3. The molecule has 0 bridgehead atoms. The van der Waals surface area contributed by atoms with Crippen LogP contribution in [-0.4, -0.2) is 61.4 Å². The fourth-order valence-corrected chi connectivity index (χ4v) is 3.29. The van der Waals surface area contributed by atoms with Crippen LogP contribution in [0, 0.1) is 5.92 Å². The van der Waals surface area contributed by atoms with Crippen molar-refractivity contribution in [3.05, 3.63) is 29.8 Å². The fourth-order valence-electron chi connectivity index (χ4n) is 3.29. The predicted molar refractivity (Wildman–Crippen MR) is 114 cm³/mol. The van der Waals surface area contributed by atoms with Gasteiger partial charge in [-0.3, -0.25) is 15.0 Å². The number of anilines is 1. The van der Waals surface area contributed by atoms with Gasteiger partial charge in [-0.05, 0) is 57.4 Å². The maximum Gasteiger partial charge on any atom is 0.412 e. The topological polar surface area (TPSA) is 79.9 Å². The number of nitrogens with zero attached hydrogens (tertiary/aromatic N) is 1. The highest BCUT2D eigenvalue weighted by Crippen LogP contribution is 2.15. The maximum absolute atomic E-state index is 12.6. The van der Waals surface area contributed by atoms with Gasteiger partial charge in [0.2, 0.25) is 0 Å². The van der Waals surface area contributed by atoms with E-state index in [9.17, 15) is 9.59 Å². The number of hydrogen-bond acceptors (Lipinski definition) is 5. The van der Waals surface area contributed by atoms with Gasteiger partial charge in [0.05, 0.1) is 13.2 Å². The van der Waals surface area contributed by atoms with Crippen LogP contribution in [0.5, 0.6) is 0 Å². The van der Waals surface area contributed by atoms with Crippen molar-refractivity contribution in [1.29, 1.82) is 0 Å². The molecule has 0 radical (unpaired) electrons. The Bertz CT molecular complexity index is 662. The number of benzene rings is 1. The molecule has 1 unspecified atom stereocenters. The van der Waals surface area contributed by atoms with Crippen LogP contribution in [0.25, 0.3) is 0 Å². The summed E-state index contributed by atoms with van der Waals surface area (Å²) in [6.45, 7) is 13.7. The Morgan fingerprint density at radius 3 is 2.31 bits per heavy atom. The molecule has 7 nitrogen and oxygen atoms in total. The van der Waals surface area contributed by atoms with Gasteiger partial charge in [-0.1, -0.05) is 13.8 Å². The molecular formula is C22H35N3O4. The largest absolute Gasteiger partial charge is 0.444 e. The summed E-state index contributed by atoms with van der Waals surface area (Å²) in [5.74, 6) is 0.439. The van der Waals surface area contributed by atoms with Crippen LogP contribution in [0.4, 0.5) is 10.5 Å². The first kappa shape index (κ1) is 23.2. The molecular weight excluding hydrogens is 370 g/mol. The van der Waals surface area contributed by atoms with E-state index in [1.807, 2.05) is 20.8 Å². The van der Waals surface area contributed by atoms with Crippen LogP contribution < -0.4 is 10.6 Å². The number of amides is 2. The standard InChI is InChI=1S/C22H35N3O4/c1-16(2)14-19(25-10-12-28-13-11-25)15-23-20(26)17-6-8-18(9-7-17)24-21(27)29-22(3,4)5/h6-9,16,19H,10-15H2,1-5H3,(H,23,26)(H,24,27). The minimum atomic E-state index is -0.559. The summed E-state index contributed by atoms with van der Waals surface area (Å²) >= 11 is 0. The lowest BCUT2D eigenvalue weighted by Crippen LogP contribution is -2.49. The summed E-state index contributed by atoms with van der Waals surface area (Å²) in [7, 11) is 0. The lowest BCUT2D eigenvalue weighted by molar-refractivity contribution is 0.0124. The molecule has 1 aromatic carbocycles. The normalized spacial score (nSPS) is 16.3. The molecule has 1 fully saturated rings. The van der Waals surface area contributed by atoms with E-state index in [-0.39, 0.29) is 5.91 Å². The van der Waals surface area contributed by atoms with E-state index < -0.39 is 11.7 Å². The number of ether oxygens (including phenoxy) is 2. The first-order valence-electron chi connectivity index (χ1n) is 10.3. The Morgan fingerprint density at radius 1 is 1.14 bits per heavy atom. The molecule has 2 N–H and O–H groups in total. The van der Waals surface area contributed by atoms with Crippen molar-refractivity contribution in [1.82, 2.24) is 10.2 Å². The van der Waals surface area contributed by atoms with E-state index in [0.29, 0.717) is 29.8 Å². The second-order valence-electron chi connectivity index (χ2n) is 8.85. The molecule has 0 aromatic heterocycles. The average molecular weight is 406 g/mol. The van der Waals surface area contributed by atoms with E-state index in [4.69, 9.17) is 9.47 Å². The summed E-state index contributed by atoms with van der Waals surface area (Å²) in [6, 6.07) is 7.11. The molecule has 1 aliphatic heterocycles. The van der Waals surface area contributed by atoms with Crippen LogP contribution in [0.1, 0.15) is 51.4 Å². The van der Waals surface area contributed by atoms with Crippen LogP contribution in [0.2, 0.25) is 0 Å². The quantitative estimate of drug-likeness (QED) is 0.726. The zero-order chi connectivity index (χ0) is 21.4. The smallest absolute Gasteiger partial charge is 0.412 e. The van der Waals surface area contributed by atoms with E-state index in [2.05, 4.69) is 29.4 Å². The third kappa shape index (κ3) is 8.41. The number of hydrogen-bond donors (Lipinski definition) is 2. The minimum Gasteiger partial charge on any atom is -0.444 e. The zero-order valence-corrected chi connectivity index (χ0v) is 18.3. The molecule has 1 saturated heterocycles. The molecule has 1 heterocycles. The molecule has 1 aliphatic rings. The van der Waals surface area contributed by atoms with Crippen molar-refractivity contribution in [2.45, 2.75) is 52.7 Å².